The number of nitrogens with one attached hydrogen (secondary N) is 1. The highest BCUT2D eigenvalue weighted by atomic mass is 19.4. The number of rotatable bonds is 5. The van der Waals surface area contributed by atoms with Crippen LogP contribution in [0.5, 0.6) is 0 Å². The molecule has 2 N–H and O–H groups in total. The summed E-state index contributed by atoms with van der Waals surface area (Å²) in [5.74, 6) is -2.36. The van der Waals surface area contributed by atoms with E-state index in [0.717, 1.165) is 0 Å². The van der Waals surface area contributed by atoms with E-state index < -0.39 is 37.2 Å². The molecule has 9 heteroatoms. The summed E-state index contributed by atoms with van der Waals surface area (Å²) in [6.07, 6.45) is -4.67. The van der Waals surface area contributed by atoms with Gasteiger partial charge in [0.25, 0.3) is 0 Å². The van der Waals surface area contributed by atoms with Crippen LogP contribution in [0.1, 0.15) is 6.42 Å². The Balaban J connectivity index is 2.69. The van der Waals surface area contributed by atoms with Gasteiger partial charge in [0.2, 0.25) is 5.91 Å². The molecule has 1 saturated heterocycles. The standard InChI is InChI=1S/C10H15F3N2O4/c1-19-6-2-7(14-3-6)9(18)15(4-8(16)17)5-10(11,12)13/h6-7,14H,2-5H2,1H3,(H,16,17). The van der Waals surface area contributed by atoms with Crippen molar-refractivity contribution in [1.82, 2.24) is 10.2 Å². The second-order valence-electron chi connectivity index (χ2n) is 4.26. The predicted molar refractivity (Wildman–Crippen MR) is 57.5 cm³/mol. The number of carboxylic acid groups (broad SMARTS) is 1. The number of carboxylic acids is 1. The molecule has 0 aromatic heterocycles. The number of methoxy groups -OCH3 is 1. The van der Waals surface area contributed by atoms with Crippen LogP contribution in [-0.2, 0) is 14.3 Å². The molecule has 1 heterocycles. The molecule has 110 valence electrons. The van der Waals surface area contributed by atoms with Gasteiger partial charge in [0.1, 0.15) is 13.1 Å². The van der Waals surface area contributed by atoms with Crippen LogP contribution in [0.2, 0.25) is 0 Å². The molecule has 1 rings (SSSR count). The Hall–Kier alpha value is -1.35. The fourth-order valence-corrected chi connectivity index (χ4v) is 1.88. The molecule has 0 bridgehead atoms. The molecule has 0 radical (unpaired) electrons. The molecule has 1 aliphatic heterocycles. The van der Waals surface area contributed by atoms with Crippen molar-refractivity contribution in [1.29, 1.82) is 0 Å². The van der Waals surface area contributed by atoms with Crippen LogP contribution in [0, 0.1) is 0 Å². The van der Waals surface area contributed by atoms with Gasteiger partial charge in [-0.3, -0.25) is 9.59 Å². The summed E-state index contributed by atoms with van der Waals surface area (Å²) in [7, 11) is 1.43. The zero-order valence-electron chi connectivity index (χ0n) is 10.2. The van der Waals surface area contributed by atoms with Crippen LogP contribution in [0.25, 0.3) is 0 Å². The Morgan fingerprint density at radius 1 is 1.47 bits per heavy atom. The second kappa shape index (κ2) is 6.20. The number of aliphatic carboxylic acids is 1. The van der Waals surface area contributed by atoms with Crippen LogP contribution >= 0.6 is 0 Å². The molecule has 0 saturated carbocycles. The topological polar surface area (TPSA) is 78.9 Å². The van der Waals surface area contributed by atoms with Crippen molar-refractivity contribution in [3.63, 3.8) is 0 Å². The van der Waals surface area contributed by atoms with Gasteiger partial charge in [-0.15, -0.1) is 0 Å². The molecule has 19 heavy (non-hydrogen) atoms. The lowest BCUT2D eigenvalue weighted by Crippen LogP contribution is -2.49. The Morgan fingerprint density at radius 3 is 2.53 bits per heavy atom. The maximum absolute atomic E-state index is 12.3. The summed E-state index contributed by atoms with van der Waals surface area (Å²) in [5, 5.41) is 11.3. The van der Waals surface area contributed by atoms with Crippen molar-refractivity contribution < 1.29 is 32.6 Å². The van der Waals surface area contributed by atoms with Crippen molar-refractivity contribution in [3.05, 3.63) is 0 Å². The van der Waals surface area contributed by atoms with E-state index in [-0.39, 0.29) is 17.4 Å². The van der Waals surface area contributed by atoms with E-state index >= 15 is 0 Å². The lowest BCUT2D eigenvalue weighted by atomic mass is 10.1. The van der Waals surface area contributed by atoms with E-state index in [9.17, 15) is 22.8 Å². The maximum atomic E-state index is 12.3. The van der Waals surface area contributed by atoms with Gasteiger partial charge in [0.15, 0.2) is 0 Å². The zero-order chi connectivity index (χ0) is 14.6. The van der Waals surface area contributed by atoms with Crippen LogP contribution in [-0.4, -0.2) is 66.9 Å². The van der Waals surface area contributed by atoms with E-state index in [0.29, 0.717) is 6.54 Å². The second-order valence-corrected chi connectivity index (χ2v) is 4.26. The highest BCUT2D eigenvalue weighted by molar-refractivity contribution is 5.85. The average molecular weight is 284 g/mol. The Bertz CT molecular complexity index is 348. The average Bonchev–Trinajstić information content (AvgIpc) is 2.73. The molecule has 0 aliphatic carbocycles. The summed E-state index contributed by atoms with van der Waals surface area (Å²) in [6, 6.07) is -0.841. The molecule has 0 aromatic carbocycles. The Labute approximate surface area is 107 Å². The SMILES string of the molecule is COC1CNC(C(=O)N(CC(=O)O)CC(F)(F)F)C1. The van der Waals surface area contributed by atoms with Crippen LogP contribution < -0.4 is 5.32 Å². The van der Waals surface area contributed by atoms with Crippen molar-refractivity contribution in [2.75, 3.05) is 26.7 Å². The first-order chi connectivity index (χ1) is 8.73. The number of amides is 1. The molecule has 1 aliphatic rings. The van der Waals surface area contributed by atoms with Crippen molar-refractivity contribution >= 4 is 11.9 Å². The van der Waals surface area contributed by atoms with Gasteiger partial charge in [-0.1, -0.05) is 0 Å². The van der Waals surface area contributed by atoms with Gasteiger partial charge in [-0.25, -0.2) is 0 Å². The zero-order valence-corrected chi connectivity index (χ0v) is 10.2. The van der Waals surface area contributed by atoms with Crippen molar-refractivity contribution in [3.8, 4) is 0 Å². The molecular weight excluding hydrogens is 269 g/mol. The first kappa shape index (κ1) is 15.7. The minimum atomic E-state index is -4.63. The molecule has 2 unspecified atom stereocenters. The number of carbonyl (C=O) groups excluding carboxylic acids is 1. The highest BCUT2D eigenvalue weighted by Crippen LogP contribution is 2.19. The molecular formula is C10H15F3N2O4. The molecule has 1 fully saturated rings. The van der Waals surface area contributed by atoms with Gasteiger partial charge < -0.3 is 20.1 Å². The third-order valence-corrected chi connectivity index (χ3v) is 2.73. The fourth-order valence-electron chi connectivity index (χ4n) is 1.88. The molecule has 1 amide bonds. The highest BCUT2D eigenvalue weighted by Gasteiger charge is 2.38. The van der Waals surface area contributed by atoms with E-state index in [2.05, 4.69) is 5.32 Å². The minimum absolute atomic E-state index is 0.226. The summed E-state index contributed by atoms with van der Waals surface area (Å²) < 4.78 is 41.9. The molecule has 0 aromatic rings. The number of hydrogen-bond donors (Lipinski definition) is 2. The number of carbonyl (C=O) groups is 2. The third-order valence-electron chi connectivity index (χ3n) is 2.73. The summed E-state index contributed by atoms with van der Waals surface area (Å²) in [5.41, 5.74) is 0. The largest absolute Gasteiger partial charge is 0.480 e. The van der Waals surface area contributed by atoms with Crippen LogP contribution in [0.15, 0.2) is 0 Å². The van der Waals surface area contributed by atoms with E-state index in [1.54, 1.807) is 0 Å². The summed E-state index contributed by atoms with van der Waals surface area (Å²) in [4.78, 5) is 22.7. The predicted octanol–water partition coefficient (Wildman–Crippen LogP) is -0.161. The van der Waals surface area contributed by atoms with Gasteiger partial charge in [-0.2, -0.15) is 13.2 Å². The van der Waals surface area contributed by atoms with E-state index in [1.807, 2.05) is 0 Å². The minimum Gasteiger partial charge on any atom is -0.480 e. The first-order valence-electron chi connectivity index (χ1n) is 5.56. The molecule has 0 spiro atoms. The van der Waals surface area contributed by atoms with E-state index in [1.165, 1.54) is 7.11 Å². The number of ether oxygens (including phenoxy) is 1. The normalized spacial score (nSPS) is 23.4. The van der Waals surface area contributed by atoms with Crippen molar-refractivity contribution in [2.24, 2.45) is 0 Å². The van der Waals surface area contributed by atoms with Gasteiger partial charge in [0, 0.05) is 13.7 Å². The fraction of sp³-hybridized carbons (Fsp3) is 0.800. The van der Waals surface area contributed by atoms with Gasteiger partial charge >= 0.3 is 12.1 Å². The monoisotopic (exact) mass is 284 g/mol. The van der Waals surface area contributed by atoms with Crippen LogP contribution in [0.4, 0.5) is 13.2 Å². The Morgan fingerprint density at radius 2 is 2.11 bits per heavy atom. The number of halogens is 3. The smallest absolute Gasteiger partial charge is 0.406 e. The molecule has 2 atom stereocenters. The van der Waals surface area contributed by atoms with Gasteiger partial charge in [0.05, 0.1) is 12.1 Å². The lowest BCUT2D eigenvalue weighted by Gasteiger charge is -2.25. The van der Waals surface area contributed by atoms with Gasteiger partial charge in [-0.05, 0) is 6.42 Å². The number of alkyl halides is 3. The quantitative estimate of drug-likeness (QED) is 0.733. The summed E-state index contributed by atoms with van der Waals surface area (Å²) in [6.45, 7) is -2.21. The number of hydrogen-bond acceptors (Lipinski definition) is 4. The van der Waals surface area contributed by atoms with Crippen molar-refractivity contribution in [2.45, 2.75) is 24.7 Å². The third kappa shape index (κ3) is 5.03. The lowest BCUT2D eigenvalue weighted by molar-refractivity contribution is -0.166. The first-order valence-corrected chi connectivity index (χ1v) is 5.56. The Kier molecular flexibility index (Phi) is 5.12. The molecule has 6 nitrogen and oxygen atoms in total. The van der Waals surface area contributed by atoms with Crippen LogP contribution in [0.3, 0.4) is 0 Å². The van der Waals surface area contributed by atoms with E-state index in [4.69, 9.17) is 9.84 Å². The maximum Gasteiger partial charge on any atom is 0.406 e. The number of nitrogens with zero attached hydrogens (tertiary/aromatic N) is 1. The summed E-state index contributed by atoms with van der Waals surface area (Å²) >= 11 is 0.